The van der Waals surface area contributed by atoms with Crippen molar-refractivity contribution in [2.45, 2.75) is 6.23 Å². The van der Waals surface area contributed by atoms with Crippen molar-refractivity contribution in [1.29, 1.82) is 0 Å². The summed E-state index contributed by atoms with van der Waals surface area (Å²) >= 11 is 2.24. The van der Waals surface area contributed by atoms with Crippen LogP contribution in [-0.2, 0) is 4.84 Å². The van der Waals surface area contributed by atoms with Gasteiger partial charge >= 0.3 is 0 Å². The lowest BCUT2D eigenvalue weighted by molar-refractivity contribution is -0.123. The van der Waals surface area contributed by atoms with E-state index in [1.807, 2.05) is 24.3 Å². The summed E-state index contributed by atoms with van der Waals surface area (Å²) in [6, 6.07) is 7.96. The van der Waals surface area contributed by atoms with Crippen LogP contribution in [0.2, 0.25) is 0 Å². The van der Waals surface area contributed by atoms with Gasteiger partial charge in [0.1, 0.15) is 6.34 Å². The molecule has 2 N–H and O–H groups in total. The third-order valence-corrected chi connectivity index (χ3v) is 2.34. The Labute approximate surface area is 89.5 Å². The van der Waals surface area contributed by atoms with Crippen molar-refractivity contribution in [3.05, 3.63) is 33.4 Å². The first-order valence-electron chi connectivity index (χ1n) is 3.75. The molecule has 0 amide bonds. The first-order chi connectivity index (χ1) is 6.25. The van der Waals surface area contributed by atoms with E-state index in [1.165, 1.54) is 6.34 Å². The zero-order valence-electron chi connectivity index (χ0n) is 6.72. The molecule has 0 bridgehead atoms. The smallest absolute Gasteiger partial charge is 0.204 e. The molecule has 68 valence electrons. The second kappa shape index (κ2) is 3.60. The highest BCUT2D eigenvalue weighted by molar-refractivity contribution is 14.1. The Balaban J connectivity index is 2.22. The zero-order chi connectivity index (χ0) is 9.26. The van der Waals surface area contributed by atoms with Crippen LogP contribution in [0.1, 0.15) is 11.8 Å². The second-order valence-corrected chi connectivity index (χ2v) is 3.88. The molecule has 1 aromatic carbocycles. The Bertz CT molecular complexity index is 342. The number of benzene rings is 1. The average molecular weight is 289 g/mol. The molecule has 1 aromatic rings. The summed E-state index contributed by atoms with van der Waals surface area (Å²) in [6.07, 6.45) is 1.17. The van der Waals surface area contributed by atoms with Crippen LogP contribution < -0.4 is 5.84 Å². The summed E-state index contributed by atoms with van der Waals surface area (Å²) in [4.78, 5) is 9.27. The maximum atomic E-state index is 5.36. The standard InChI is InChI=1S/C8H8IN3O/c9-7-3-1-2-6(4-7)8-11-5-12(10)13-8/h1-5,8H,10H2. The Morgan fingerprint density at radius 2 is 2.38 bits per heavy atom. The van der Waals surface area contributed by atoms with Gasteiger partial charge in [0, 0.05) is 9.13 Å². The molecule has 0 spiro atoms. The minimum absolute atomic E-state index is 0.292. The molecule has 0 saturated heterocycles. The third-order valence-electron chi connectivity index (χ3n) is 1.67. The second-order valence-electron chi connectivity index (χ2n) is 2.64. The number of nitrogens with two attached hydrogens (primary N) is 1. The molecule has 2 rings (SSSR count). The van der Waals surface area contributed by atoms with Crippen molar-refractivity contribution in [2.24, 2.45) is 10.8 Å². The largest absolute Gasteiger partial charge is 0.233 e. The molecule has 1 aliphatic heterocycles. The van der Waals surface area contributed by atoms with Gasteiger partial charge in [0.05, 0.1) is 0 Å². The van der Waals surface area contributed by atoms with Crippen molar-refractivity contribution in [1.82, 2.24) is 5.17 Å². The summed E-state index contributed by atoms with van der Waals surface area (Å²) in [5, 5.41) is 1.12. The van der Waals surface area contributed by atoms with Crippen molar-refractivity contribution < 1.29 is 4.84 Å². The van der Waals surface area contributed by atoms with Crippen LogP contribution in [0.5, 0.6) is 0 Å². The van der Waals surface area contributed by atoms with Gasteiger partial charge in [0.25, 0.3) is 0 Å². The molecular formula is C8H8IN3O. The van der Waals surface area contributed by atoms with Crippen molar-refractivity contribution in [2.75, 3.05) is 0 Å². The number of hydrogen-bond donors (Lipinski definition) is 1. The fourth-order valence-corrected chi connectivity index (χ4v) is 1.67. The van der Waals surface area contributed by atoms with Crippen molar-refractivity contribution >= 4 is 28.9 Å². The van der Waals surface area contributed by atoms with E-state index in [4.69, 9.17) is 10.7 Å². The van der Waals surface area contributed by atoms with Gasteiger partial charge in [0.2, 0.25) is 6.23 Å². The molecule has 0 aromatic heterocycles. The van der Waals surface area contributed by atoms with E-state index in [-0.39, 0.29) is 6.23 Å². The number of halogens is 1. The lowest BCUT2D eigenvalue weighted by atomic mass is 10.2. The third kappa shape index (κ3) is 1.98. The molecule has 0 saturated carbocycles. The van der Waals surface area contributed by atoms with Crippen LogP contribution in [0.15, 0.2) is 29.3 Å². The first-order valence-corrected chi connectivity index (χ1v) is 4.83. The van der Waals surface area contributed by atoms with Crippen LogP contribution in [0.25, 0.3) is 0 Å². The van der Waals surface area contributed by atoms with E-state index in [9.17, 15) is 0 Å². The quantitative estimate of drug-likeness (QED) is 0.628. The molecule has 1 unspecified atom stereocenters. The van der Waals surface area contributed by atoms with E-state index in [1.54, 1.807) is 0 Å². The average Bonchev–Trinajstić information content (AvgIpc) is 2.52. The number of hydrogen-bond acceptors (Lipinski definition) is 4. The van der Waals surface area contributed by atoms with Crippen molar-refractivity contribution in [3.63, 3.8) is 0 Å². The maximum Gasteiger partial charge on any atom is 0.204 e. The van der Waals surface area contributed by atoms with Crippen LogP contribution in [0, 0.1) is 3.57 Å². The van der Waals surface area contributed by atoms with Gasteiger partial charge in [-0.3, -0.25) is 0 Å². The predicted octanol–water partition coefficient (Wildman–Crippen LogP) is 1.44. The lowest BCUT2D eigenvalue weighted by Crippen LogP contribution is -2.25. The highest BCUT2D eigenvalue weighted by atomic mass is 127. The van der Waals surface area contributed by atoms with Crippen molar-refractivity contribution in [3.8, 4) is 0 Å². The van der Waals surface area contributed by atoms with Crippen LogP contribution >= 0.6 is 22.6 Å². The molecule has 0 aliphatic carbocycles. The van der Waals surface area contributed by atoms with Gasteiger partial charge < -0.3 is 0 Å². The van der Waals surface area contributed by atoms with Gasteiger partial charge in [0.15, 0.2) is 0 Å². The van der Waals surface area contributed by atoms with E-state index in [0.29, 0.717) is 0 Å². The Hall–Kier alpha value is -0.660. The van der Waals surface area contributed by atoms with Gasteiger partial charge in [-0.1, -0.05) is 12.1 Å². The van der Waals surface area contributed by atoms with Crippen LogP contribution in [-0.4, -0.2) is 11.5 Å². The van der Waals surface area contributed by atoms with Crippen LogP contribution in [0.4, 0.5) is 0 Å². The number of hydrazine groups is 1. The Morgan fingerprint density at radius 1 is 1.54 bits per heavy atom. The topological polar surface area (TPSA) is 50.8 Å². The molecule has 1 atom stereocenters. The Kier molecular flexibility index (Phi) is 2.47. The van der Waals surface area contributed by atoms with E-state index in [0.717, 1.165) is 14.3 Å². The maximum absolute atomic E-state index is 5.36. The molecular weight excluding hydrogens is 281 g/mol. The fraction of sp³-hybridized carbons (Fsp3) is 0.125. The van der Waals surface area contributed by atoms with Gasteiger partial charge in [-0.25, -0.2) is 15.7 Å². The number of nitrogens with zero attached hydrogens (tertiary/aromatic N) is 2. The molecule has 1 heterocycles. The highest BCUT2D eigenvalue weighted by Crippen LogP contribution is 2.23. The SMILES string of the molecule is NN1C=NC(c2cccc(I)c2)O1. The summed E-state index contributed by atoms with van der Waals surface area (Å²) < 4.78 is 1.16. The summed E-state index contributed by atoms with van der Waals surface area (Å²) in [6.45, 7) is 0. The number of rotatable bonds is 1. The van der Waals surface area contributed by atoms with Gasteiger partial charge in [-0.05, 0) is 34.7 Å². The fourth-order valence-electron chi connectivity index (χ4n) is 1.10. The lowest BCUT2D eigenvalue weighted by Gasteiger charge is -2.10. The van der Waals surface area contributed by atoms with E-state index in [2.05, 4.69) is 27.6 Å². The molecule has 13 heavy (non-hydrogen) atoms. The molecule has 0 radical (unpaired) electrons. The number of hydroxylamine groups is 1. The van der Waals surface area contributed by atoms with E-state index < -0.39 is 0 Å². The minimum Gasteiger partial charge on any atom is -0.233 e. The predicted molar refractivity (Wildman–Crippen MR) is 57.5 cm³/mol. The molecule has 1 aliphatic rings. The van der Waals surface area contributed by atoms with Crippen LogP contribution in [0.3, 0.4) is 0 Å². The molecule has 4 nitrogen and oxygen atoms in total. The monoisotopic (exact) mass is 289 g/mol. The molecule has 5 heteroatoms. The summed E-state index contributed by atoms with van der Waals surface area (Å²) in [7, 11) is 0. The first kappa shape index (κ1) is 8.92. The van der Waals surface area contributed by atoms with Gasteiger partial charge in [-0.2, -0.15) is 5.17 Å². The number of aliphatic imine (C=N–C) groups is 1. The highest BCUT2D eigenvalue weighted by Gasteiger charge is 2.17. The Morgan fingerprint density at radius 3 is 3.00 bits per heavy atom. The summed E-state index contributed by atoms with van der Waals surface area (Å²) in [5.74, 6) is 5.36. The van der Waals surface area contributed by atoms with E-state index >= 15 is 0 Å². The minimum atomic E-state index is -0.292. The van der Waals surface area contributed by atoms with Gasteiger partial charge in [-0.15, -0.1) is 0 Å². The zero-order valence-corrected chi connectivity index (χ0v) is 8.88. The normalized spacial score (nSPS) is 21.1. The summed E-state index contributed by atoms with van der Waals surface area (Å²) in [5.41, 5.74) is 1.01. The molecule has 0 fully saturated rings.